The minimum Gasteiger partial charge on any atom is -0.494 e. The lowest BCUT2D eigenvalue weighted by Gasteiger charge is -2.34. The summed E-state index contributed by atoms with van der Waals surface area (Å²) in [4.78, 5) is 14.1. The molecule has 0 saturated carbocycles. The maximum Gasteiger partial charge on any atom is 0.258 e. The van der Waals surface area contributed by atoms with Gasteiger partial charge in [-0.15, -0.1) is 0 Å². The molecule has 1 saturated heterocycles. The largest absolute Gasteiger partial charge is 0.494 e. The molecule has 3 N–H and O–H groups in total. The molecule has 1 aliphatic heterocycles. The van der Waals surface area contributed by atoms with Gasteiger partial charge < -0.3 is 25.2 Å². The van der Waals surface area contributed by atoms with Crippen molar-refractivity contribution < 1.29 is 19.4 Å². The summed E-state index contributed by atoms with van der Waals surface area (Å²) in [6, 6.07) is 4.73. The normalized spacial score (nSPS) is 19.3. The fraction of sp³-hybridized carbons (Fsp3) is 0.462. The highest BCUT2D eigenvalue weighted by molar-refractivity contribution is 5.98. The van der Waals surface area contributed by atoms with Crippen LogP contribution in [0.1, 0.15) is 10.4 Å². The number of ether oxygens (including phenoxy) is 2. The number of morpholine rings is 1. The monoisotopic (exact) mass is 266 g/mol. The van der Waals surface area contributed by atoms with Crippen molar-refractivity contribution in [2.45, 2.75) is 6.04 Å². The fourth-order valence-electron chi connectivity index (χ4n) is 2.18. The molecule has 1 unspecified atom stereocenters. The predicted molar refractivity (Wildman–Crippen MR) is 70.1 cm³/mol. The number of carbonyl (C=O) groups excluding carboxylic acids is 1. The van der Waals surface area contributed by atoms with Crippen LogP contribution in [-0.4, -0.2) is 55.4 Å². The fourth-order valence-corrected chi connectivity index (χ4v) is 2.18. The number of rotatable bonds is 3. The molecule has 0 spiro atoms. The molecule has 104 valence electrons. The summed E-state index contributed by atoms with van der Waals surface area (Å²) < 4.78 is 10.5. The number of aliphatic hydroxyl groups excluding tert-OH is 1. The van der Waals surface area contributed by atoms with Gasteiger partial charge >= 0.3 is 0 Å². The molecule has 1 amide bonds. The highest BCUT2D eigenvalue weighted by atomic mass is 16.5. The highest BCUT2D eigenvalue weighted by Crippen LogP contribution is 2.27. The Labute approximate surface area is 111 Å². The van der Waals surface area contributed by atoms with E-state index in [2.05, 4.69) is 0 Å². The number of nitrogens with zero attached hydrogens (tertiary/aromatic N) is 1. The van der Waals surface area contributed by atoms with E-state index >= 15 is 0 Å². The van der Waals surface area contributed by atoms with Gasteiger partial charge in [0.1, 0.15) is 0 Å². The Kier molecular flexibility index (Phi) is 4.24. The molecule has 2 rings (SSSR count). The van der Waals surface area contributed by atoms with Gasteiger partial charge in [-0.1, -0.05) is 6.07 Å². The Balaban J connectivity index is 2.30. The Morgan fingerprint density at radius 3 is 3.11 bits per heavy atom. The van der Waals surface area contributed by atoms with Crippen molar-refractivity contribution in [2.24, 2.45) is 0 Å². The zero-order valence-electron chi connectivity index (χ0n) is 10.8. The van der Waals surface area contributed by atoms with Crippen LogP contribution in [0.2, 0.25) is 0 Å². The van der Waals surface area contributed by atoms with Gasteiger partial charge in [0, 0.05) is 6.54 Å². The number of benzene rings is 1. The SMILES string of the molecule is COc1c(N)cccc1C(=O)N1CCOCC1CO. The molecule has 0 aliphatic carbocycles. The molecule has 1 fully saturated rings. The second kappa shape index (κ2) is 5.90. The van der Waals surface area contributed by atoms with E-state index in [0.717, 1.165) is 0 Å². The van der Waals surface area contributed by atoms with Crippen LogP contribution in [0.25, 0.3) is 0 Å². The molecule has 0 aromatic heterocycles. The Hall–Kier alpha value is -1.79. The smallest absolute Gasteiger partial charge is 0.258 e. The van der Waals surface area contributed by atoms with E-state index in [0.29, 0.717) is 36.8 Å². The van der Waals surface area contributed by atoms with E-state index < -0.39 is 0 Å². The van der Waals surface area contributed by atoms with Crippen LogP contribution in [0.15, 0.2) is 18.2 Å². The van der Waals surface area contributed by atoms with Crippen molar-refractivity contribution in [1.82, 2.24) is 4.90 Å². The molecule has 1 aliphatic rings. The lowest BCUT2D eigenvalue weighted by atomic mass is 10.1. The van der Waals surface area contributed by atoms with Crippen LogP contribution in [0.5, 0.6) is 5.75 Å². The lowest BCUT2D eigenvalue weighted by molar-refractivity contribution is -0.0185. The third-order valence-corrected chi connectivity index (χ3v) is 3.18. The predicted octanol–water partition coefficient (Wildman–Crippen LogP) is 0.111. The minimum absolute atomic E-state index is 0.129. The average Bonchev–Trinajstić information content (AvgIpc) is 2.46. The van der Waals surface area contributed by atoms with Crippen LogP contribution < -0.4 is 10.5 Å². The first-order valence-electron chi connectivity index (χ1n) is 6.11. The molecule has 0 radical (unpaired) electrons. The first-order chi connectivity index (χ1) is 9.19. The second-order valence-electron chi connectivity index (χ2n) is 4.34. The standard InChI is InChI=1S/C13H18N2O4/c1-18-12-10(3-2-4-11(12)14)13(17)15-5-6-19-8-9(15)7-16/h2-4,9,16H,5-8,14H2,1H3. The van der Waals surface area contributed by atoms with Crippen molar-refractivity contribution in [3.05, 3.63) is 23.8 Å². The highest BCUT2D eigenvalue weighted by Gasteiger charge is 2.29. The van der Waals surface area contributed by atoms with E-state index in [1.165, 1.54) is 7.11 Å². The summed E-state index contributed by atoms with van der Waals surface area (Å²) in [5.41, 5.74) is 6.62. The van der Waals surface area contributed by atoms with Gasteiger partial charge in [0.2, 0.25) is 0 Å². The van der Waals surface area contributed by atoms with Crippen LogP contribution in [0.3, 0.4) is 0 Å². The Morgan fingerprint density at radius 1 is 1.63 bits per heavy atom. The number of para-hydroxylation sites is 1. The summed E-state index contributed by atoms with van der Waals surface area (Å²) >= 11 is 0. The molecule has 6 heteroatoms. The zero-order chi connectivity index (χ0) is 13.8. The molecule has 1 heterocycles. The molecule has 6 nitrogen and oxygen atoms in total. The number of hydrogen-bond acceptors (Lipinski definition) is 5. The maximum absolute atomic E-state index is 12.5. The van der Waals surface area contributed by atoms with E-state index in [4.69, 9.17) is 15.2 Å². The van der Waals surface area contributed by atoms with Crippen molar-refractivity contribution in [3.8, 4) is 5.75 Å². The number of methoxy groups -OCH3 is 1. The van der Waals surface area contributed by atoms with Crippen molar-refractivity contribution in [2.75, 3.05) is 39.2 Å². The molecular weight excluding hydrogens is 248 g/mol. The van der Waals surface area contributed by atoms with E-state index in [-0.39, 0.29) is 18.6 Å². The van der Waals surface area contributed by atoms with Gasteiger partial charge in [-0.25, -0.2) is 0 Å². The molecule has 1 atom stereocenters. The Morgan fingerprint density at radius 2 is 2.42 bits per heavy atom. The number of nitrogens with two attached hydrogens (primary N) is 1. The first kappa shape index (κ1) is 13.6. The van der Waals surface area contributed by atoms with Gasteiger partial charge in [-0.2, -0.15) is 0 Å². The summed E-state index contributed by atoms with van der Waals surface area (Å²) in [6.07, 6.45) is 0. The molecule has 0 bridgehead atoms. The van der Waals surface area contributed by atoms with Crippen molar-refractivity contribution in [1.29, 1.82) is 0 Å². The third kappa shape index (κ3) is 2.64. The average molecular weight is 266 g/mol. The summed E-state index contributed by atoms with van der Waals surface area (Å²) in [6.45, 7) is 1.12. The summed E-state index contributed by atoms with van der Waals surface area (Å²) in [5, 5.41) is 9.31. The molecule has 19 heavy (non-hydrogen) atoms. The summed E-state index contributed by atoms with van der Waals surface area (Å²) in [7, 11) is 1.48. The topological polar surface area (TPSA) is 85.0 Å². The van der Waals surface area contributed by atoms with E-state index in [1.807, 2.05) is 0 Å². The minimum atomic E-state index is -0.326. The van der Waals surface area contributed by atoms with Gasteiger partial charge in [0.05, 0.1) is 44.2 Å². The quantitative estimate of drug-likeness (QED) is 0.759. The van der Waals surface area contributed by atoms with E-state index in [9.17, 15) is 9.90 Å². The first-order valence-corrected chi connectivity index (χ1v) is 6.11. The van der Waals surface area contributed by atoms with Crippen molar-refractivity contribution >= 4 is 11.6 Å². The maximum atomic E-state index is 12.5. The van der Waals surface area contributed by atoms with Gasteiger partial charge in [-0.3, -0.25) is 4.79 Å². The number of carbonyl (C=O) groups is 1. The molecule has 1 aromatic carbocycles. The van der Waals surface area contributed by atoms with Crippen LogP contribution in [0.4, 0.5) is 5.69 Å². The number of hydrogen-bond donors (Lipinski definition) is 2. The van der Waals surface area contributed by atoms with Crippen molar-refractivity contribution in [3.63, 3.8) is 0 Å². The van der Waals surface area contributed by atoms with E-state index in [1.54, 1.807) is 23.1 Å². The lowest BCUT2D eigenvalue weighted by Crippen LogP contribution is -2.50. The van der Waals surface area contributed by atoms with Crippen LogP contribution >= 0.6 is 0 Å². The van der Waals surface area contributed by atoms with Crippen LogP contribution in [-0.2, 0) is 4.74 Å². The third-order valence-electron chi connectivity index (χ3n) is 3.18. The number of anilines is 1. The van der Waals surface area contributed by atoms with Crippen LogP contribution in [0, 0.1) is 0 Å². The van der Waals surface area contributed by atoms with Gasteiger partial charge in [-0.05, 0) is 12.1 Å². The second-order valence-corrected chi connectivity index (χ2v) is 4.34. The summed E-state index contributed by atoms with van der Waals surface area (Å²) in [5.74, 6) is 0.169. The molecule has 1 aromatic rings. The number of nitrogen functional groups attached to an aromatic ring is 1. The molecular formula is C13H18N2O4. The Bertz CT molecular complexity index is 464. The van der Waals surface area contributed by atoms with Gasteiger partial charge in [0.25, 0.3) is 5.91 Å². The number of aliphatic hydroxyl groups is 1. The van der Waals surface area contributed by atoms with Gasteiger partial charge in [0.15, 0.2) is 5.75 Å². The number of amides is 1. The zero-order valence-corrected chi connectivity index (χ0v) is 10.8.